The molecule has 1 aromatic heterocycles. The lowest BCUT2D eigenvalue weighted by atomic mass is 10.0. The van der Waals surface area contributed by atoms with Gasteiger partial charge in [-0.05, 0) is 31.6 Å². The average molecular weight is 263 g/mol. The highest BCUT2D eigenvalue weighted by Gasteiger charge is 2.35. The van der Waals surface area contributed by atoms with Gasteiger partial charge in [0.15, 0.2) is 5.69 Å². The number of nitrogens with zero attached hydrogens (tertiary/aromatic N) is 2. The van der Waals surface area contributed by atoms with Crippen molar-refractivity contribution in [1.29, 1.82) is 0 Å². The van der Waals surface area contributed by atoms with Crippen molar-refractivity contribution >= 4 is 11.8 Å². The van der Waals surface area contributed by atoms with Crippen LogP contribution in [-0.2, 0) is 4.74 Å². The molecule has 2 heterocycles. The van der Waals surface area contributed by atoms with E-state index in [9.17, 15) is 4.79 Å². The Kier molecular flexibility index (Phi) is 3.33. The Labute approximate surface area is 111 Å². The summed E-state index contributed by atoms with van der Waals surface area (Å²) in [5.41, 5.74) is -0.0339. The lowest BCUT2D eigenvalue weighted by molar-refractivity contribution is -0.00223. The number of rotatable bonds is 4. The molecule has 1 aliphatic heterocycles. The zero-order valence-corrected chi connectivity index (χ0v) is 10.6. The molecule has 2 fully saturated rings. The van der Waals surface area contributed by atoms with E-state index in [1.165, 1.54) is 25.2 Å². The van der Waals surface area contributed by atoms with Gasteiger partial charge in [0, 0.05) is 12.6 Å². The number of carbonyl (C=O) groups is 1. The van der Waals surface area contributed by atoms with Crippen LogP contribution in [0.15, 0.2) is 12.4 Å². The first-order valence-corrected chi connectivity index (χ1v) is 6.66. The molecule has 2 N–H and O–H groups in total. The molecule has 6 nitrogen and oxygen atoms in total. The van der Waals surface area contributed by atoms with Crippen molar-refractivity contribution in [2.24, 2.45) is 5.92 Å². The summed E-state index contributed by atoms with van der Waals surface area (Å²) in [6.07, 6.45) is 7.64. The van der Waals surface area contributed by atoms with Crippen molar-refractivity contribution < 1.29 is 14.6 Å². The summed E-state index contributed by atoms with van der Waals surface area (Å²) in [5.74, 6) is 0.315. The van der Waals surface area contributed by atoms with E-state index in [0.717, 1.165) is 25.4 Å². The molecule has 6 heteroatoms. The minimum absolute atomic E-state index is 0.0339. The largest absolute Gasteiger partial charge is 0.476 e. The molecule has 2 atom stereocenters. The molecule has 2 unspecified atom stereocenters. The number of hydrogen-bond acceptors (Lipinski definition) is 5. The van der Waals surface area contributed by atoms with Gasteiger partial charge in [0.1, 0.15) is 5.82 Å². The van der Waals surface area contributed by atoms with E-state index >= 15 is 0 Å². The number of carboxylic acid groups (broad SMARTS) is 1. The Balaban J connectivity index is 1.59. The Bertz CT molecular complexity index is 459. The van der Waals surface area contributed by atoms with Crippen molar-refractivity contribution in [1.82, 2.24) is 9.97 Å². The van der Waals surface area contributed by atoms with E-state index in [0.29, 0.717) is 18.0 Å². The van der Waals surface area contributed by atoms with Crippen LogP contribution in [0.3, 0.4) is 0 Å². The van der Waals surface area contributed by atoms with Gasteiger partial charge < -0.3 is 15.2 Å². The Hall–Kier alpha value is -1.69. The van der Waals surface area contributed by atoms with Crippen LogP contribution in [-0.4, -0.2) is 39.8 Å². The second-order valence-corrected chi connectivity index (χ2v) is 5.20. The molecule has 1 saturated carbocycles. The molecule has 19 heavy (non-hydrogen) atoms. The molecule has 0 spiro atoms. The molecule has 0 aromatic carbocycles. The second kappa shape index (κ2) is 5.13. The highest BCUT2D eigenvalue weighted by molar-refractivity contribution is 5.84. The fourth-order valence-corrected chi connectivity index (χ4v) is 2.48. The standard InChI is InChI=1S/C13H17N3O3/c17-13(18)10-6-15-12(7-14-10)16-9-3-4-19-11(5-9)8-1-2-8/h6-9,11H,1-5H2,(H,15,16)(H,17,18). The van der Waals surface area contributed by atoms with Crippen LogP contribution in [0.5, 0.6) is 0 Å². The number of anilines is 1. The van der Waals surface area contributed by atoms with Gasteiger partial charge in [0.05, 0.1) is 18.5 Å². The minimum Gasteiger partial charge on any atom is -0.476 e. The second-order valence-electron chi connectivity index (χ2n) is 5.20. The van der Waals surface area contributed by atoms with Gasteiger partial charge in [-0.25, -0.2) is 14.8 Å². The Morgan fingerprint density at radius 3 is 2.79 bits per heavy atom. The van der Waals surface area contributed by atoms with Gasteiger partial charge >= 0.3 is 5.97 Å². The summed E-state index contributed by atoms with van der Waals surface area (Å²) in [6.45, 7) is 0.777. The van der Waals surface area contributed by atoms with E-state index in [1.54, 1.807) is 0 Å². The normalized spacial score (nSPS) is 26.9. The number of nitrogens with one attached hydrogen (secondary N) is 1. The summed E-state index contributed by atoms with van der Waals surface area (Å²) in [4.78, 5) is 18.6. The molecule has 2 aliphatic rings. The molecule has 3 rings (SSSR count). The zero-order valence-electron chi connectivity index (χ0n) is 10.6. The third kappa shape index (κ3) is 3.01. The van der Waals surface area contributed by atoms with Crippen molar-refractivity contribution in [3.8, 4) is 0 Å². The maximum Gasteiger partial charge on any atom is 0.356 e. The quantitative estimate of drug-likeness (QED) is 0.857. The van der Waals surface area contributed by atoms with Gasteiger partial charge in [-0.3, -0.25) is 0 Å². The van der Waals surface area contributed by atoms with Crippen LogP contribution in [0.1, 0.15) is 36.2 Å². The third-order valence-corrected chi connectivity index (χ3v) is 3.69. The van der Waals surface area contributed by atoms with Crippen LogP contribution in [0.4, 0.5) is 5.82 Å². The maximum atomic E-state index is 10.7. The minimum atomic E-state index is -1.06. The molecule has 1 saturated heterocycles. The van der Waals surface area contributed by atoms with E-state index in [-0.39, 0.29) is 5.69 Å². The molecular formula is C13H17N3O3. The van der Waals surface area contributed by atoms with Gasteiger partial charge in [0.25, 0.3) is 0 Å². The molecular weight excluding hydrogens is 246 g/mol. The number of aromatic nitrogens is 2. The van der Waals surface area contributed by atoms with Crippen LogP contribution >= 0.6 is 0 Å². The fourth-order valence-electron chi connectivity index (χ4n) is 2.48. The van der Waals surface area contributed by atoms with Crippen molar-refractivity contribution in [3.63, 3.8) is 0 Å². The first kappa shape index (κ1) is 12.3. The highest BCUT2D eigenvalue weighted by atomic mass is 16.5. The summed E-state index contributed by atoms with van der Waals surface area (Å²) in [6, 6.07) is 0.337. The maximum absolute atomic E-state index is 10.7. The molecule has 0 radical (unpaired) electrons. The summed E-state index contributed by atoms with van der Waals surface area (Å²) in [7, 11) is 0. The third-order valence-electron chi connectivity index (χ3n) is 3.69. The molecule has 1 aromatic rings. The predicted octanol–water partition coefficient (Wildman–Crippen LogP) is 1.54. The van der Waals surface area contributed by atoms with Crippen LogP contribution < -0.4 is 5.32 Å². The highest BCUT2D eigenvalue weighted by Crippen LogP contribution is 2.38. The van der Waals surface area contributed by atoms with E-state index in [1.807, 2.05) is 0 Å². The van der Waals surface area contributed by atoms with Crippen molar-refractivity contribution in [3.05, 3.63) is 18.1 Å². The zero-order chi connectivity index (χ0) is 13.2. The lowest BCUT2D eigenvalue weighted by Gasteiger charge is -2.30. The number of carboxylic acids is 1. The molecule has 0 amide bonds. The van der Waals surface area contributed by atoms with Gasteiger partial charge in [-0.2, -0.15) is 0 Å². The Morgan fingerprint density at radius 1 is 1.32 bits per heavy atom. The van der Waals surface area contributed by atoms with E-state index in [4.69, 9.17) is 9.84 Å². The fraction of sp³-hybridized carbons (Fsp3) is 0.615. The van der Waals surface area contributed by atoms with Crippen LogP contribution in [0, 0.1) is 5.92 Å². The number of hydrogen-bond donors (Lipinski definition) is 2. The van der Waals surface area contributed by atoms with Crippen LogP contribution in [0.2, 0.25) is 0 Å². The molecule has 1 aliphatic carbocycles. The smallest absolute Gasteiger partial charge is 0.356 e. The summed E-state index contributed by atoms with van der Waals surface area (Å²) >= 11 is 0. The van der Waals surface area contributed by atoms with Crippen molar-refractivity contribution in [2.75, 3.05) is 11.9 Å². The van der Waals surface area contributed by atoms with Gasteiger partial charge in [-0.15, -0.1) is 0 Å². The predicted molar refractivity (Wildman–Crippen MR) is 68.1 cm³/mol. The van der Waals surface area contributed by atoms with E-state index in [2.05, 4.69) is 15.3 Å². The number of aromatic carboxylic acids is 1. The monoisotopic (exact) mass is 263 g/mol. The van der Waals surface area contributed by atoms with Crippen molar-refractivity contribution in [2.45, 2.75) is 37.8 Å². The first-order chi connectivity index (χ1) is 9.22. The number of ether oxygens (including phenoxy) is 1. The first-order valence-electron chi connectivity index (χ1n) is 6.66. The van der Waals surface area contributed by atoms with Gasteiger partial charge in [0.2, 0.25) is 0 Å². The van der Waals surface area contributed by atoms with E-state index < -0.39 is 5.97 Å². The van der Waals surface area contributed by atoms with Gasteiger partial charge in [-0.1, -0.05) is 0 Å². The molecule has 0 bridgehead atoms. The SMILES string of the molecule is O=C(O)c1cnc(NC2CCOC(C3CC3)C2)cn1. The van der Waals surface area contributed by atoms with Crippen LogP contribution in [0.25, 0.3) is 0 Å². The Morgan fingerprint density at radius 2 is 2.16 bits per heavy atom. The summed E-state index contributed by atoms with van der Waals surface area (Å²) < 4.78 is 5.77. The average Bonchev–Trinajstić information content (AvgIpc) is 3.24. The summed E-state index contributed by atoms with van der Waals surface area (Å²) in [5, 5.41) is 12.1. The lowest BCUT2D eigenvalue weighted by Crippen LogP contribution is -2.35. The molecule has 102 valence electrons. The topological polar surface area (TPSA) is 84.3 Å².